The van der Waals surface area contributed by atoms with Gasteiger partial charge in [0.15, 0.2) is 0 Å². The van der Waals surface area contributed by atoms with E-state index in [1.807, 2.05) is 6.07 Å². The Morgan fingerprint density at radius 3 is 2.65 bits per heavy atom. The third-order valence-electron chi connectivity index (χ3n) is 2.40. The van der Waals surface area contributed by atoms with Gasteiger partial charge in [0.2, 0.25) is 0 Å². The van der Waals surface area contributed by atoms with Crippen LogP contribution in [0.3, 0.4) is 0 Å². The van der Waals surface area contributed by atoms with Crippen LogP contribution in [0.5, 0.6) is 0 Å². The molecule has 0 bridgehead atoms. The van der Waals surface area contributed by atoms with Crippen LogP contribution < -0.4 is 10.6 Å². The number of nitriles is 1. The van der Waals surface area contributed by atoms with Gasteiger partial charge in [0.25, 0.3) is 0 Å². The molecule has 0 heterocycles. The zero-order valence-electron chi connectivity index (χ0n) is 11.0. The second-order valence-corrected chi connectivity index (χ2v) is 5.75. The molecular weight excluding hydrogens is 326 g/mol. The van der Waals surface area contributed by atoms with Crippen LogP contribution in [0.25, 0.3) is 0 Å². The molecule has 7 heteroatoms. The number of anilines is 1. The fourth-order valence-corrected chi connectivity index (χ4v) is 1.96. The Morgan fingerprint density at radius 1 is 1.45 bits per heavy atom. The Balaban J connectivity index is 2.79. The van der Waals surface area contributed by atoms with Crippen LogP contribution in [0.4, 0.5) is 10.5 Å². The topological polar surface area (TPSA) is 102 Å². The number of carbonyl (C=O) groups is 2. The summed E-state index contributed by atoms with van der Waals surface area (Å²) in [6, 6.07) is 6.26. The van der Waals surface area contributed by atoms with Crippen molar-refractivity contribution in [3.05, 3.63) is 28.2 Å². The summed E-state index contributed by atoms with van der Waals surface area (Å²) < 4.78 is 0.719. The number of benzene rings is 1. The summed E-state index contributed by atoms with van der Waals surface area (Å²) in [4.78, 5) is 22.5. The number of rotatable bonds is 4. The highest BCUT2D eigenvalue weighted by Crippen LogP contribution is 2.21. The van der Waals surface area contributed by atoms with Crippen LogP contribution in [-0.4, -0.2) is 22.6 Å². The van der Waals surface area contributed by atoms with Crippen molar-refractivity contribution in [2.45, 2.75) is 25.8 Å². The van der Waals surface area contributed by atoms with Crippen molar-refractivity contribution in [3.8, 4) is 6.07 Å². The highest BCUT2D eigenvalue weighted by molar-refractivity contribution is 9.10. The molecule has 0 saturated carbocycles. The molecule has 106 valence electrons. The van der Waals surface area contributed by atoms with E-state index in [9.17, 15) is 9.59 Å². The number of hydrogen-bond donors (Lipinski definition) is 3. The lowest BCUT2D eigenvalue weighted by atomic mass is 10.0. The second-order valence-electron chi connectivity index (χ2n) is 4.84. The first-order chi connectivity index (χ1) is 9.23. The summed E-state index contributed by atoms with van der Waals surface area (Å²) in [5.41, 5.74) is -0.223. The lowest BCUT2D eigenvalue weighted by Gasteiger charge is -2.24. The van der Waals surface area contributed by atoms with Gasteiger partial charge in [-0.25, -0.2) is 4.79 Å². The first-order valence-electron chi connectivity index (χ1n) is 5.74. The van der Waals surface area contributed by atoms with Crippen LogP contribution in [-0.2, 0) is 4.79 Å². The van der Waals surface area contributed by atoms with E-state index in [2.05, 4.69) is 26.6 Å². The lowest BCUT2D eigenvalue weighted by Crippen LogP contribution is -2.46. The Hall–Kier alpha value is -2.07. The summed E-state index contributed by atoms with van der Waals surface area (Å²) >= 11 is 3.25. The summed E-state index contributed by atoms with van der Waals surface area (Å²) in [6.45, 7) is 3.21. The molecule has 0 aliphatic rings. The van der Waals surface area contributed by atoms with Crippen molar-refractivity contribution < 1.29 is 14.7 Å². The number of urea groups is 1. The summed E-state index contributed by atoms with van der Waals surface area (Å²) in [6.07, 6.45) is -0.204. The Labute approximate surface area is 124 Å². The fraction of sp³-hybridized carbons (Fsp3) is 0.308. The number of nitrogens with one attached hydrogen (secondary N) is 2. The van der Waals surface area contributed by atoms with Gasteiger partial charge < -0.3 is 15.7 Å². The molecule has 1 aromatic rings. The van der Waals surface area contributed by atoms with Gasteiger partial charge in [-0.05, 0) is 32.0 Å². The van der Waals surface area contributed by atoms with Crippen molar-refractivity contribution in [1.29, 1.82) is 5.26 Å². The predicted octanol–water partition coefficient (Wildman–Crippen LogP) is 2.70. The van der Waals surface area contributed by atoms with Gasteiger partial charge in [-0.2, -0.15) is 5.26 Å². The maximum Gasteiger partial charge on any atom is 0.319 e. The summed E-state index contributed by atoms with van der Waals surface area (Å²) in [7, 11) is 0. The van der Waals surface area contributed by atoms with E-state index in [0.717, 1.165) is 4.47 Å². The average molecular weight is 340 g/mol. The first-order valence-corrected chi connectivity index (χ1v) is 6.53. The molecule has 2 amide bonds. The molecule has 20 heavy (non-hydrogen) atoms. The number of carboxylic acids is 1. The van der Waals surface area contributed by atoms with Gasteiger partial charge in [-0.1, -0.05) is 15.9 Å². The lowest BCUT2D eigenvalue weighted by molar-refractivity contribution is -0.138. The first kappa shape index (κ1) is 16.0. The molecule has 6 nitrogen and oxygen atoms in total. The monoisotopic (exact) mass is 339 g/mol. The van der Waals surface area contributed by atoms with Crippen LogP contribution in [0.2, 0.25) is 0 Å². The van der Waals surface area contributed by atoms with Gasteiger partial charge >= 0.3 is 12.0 Å². The van der Waals surface area contributed by atoms with Crippen LogP contribution in [0.1, 0.15) is 25.8 Å². The third kappa shape index (κ3) is 4.90. The van der Waals surface area contributed by atoms with E-state index >= 15 is 0 Å². The van der Waals surface area contributed by atoms with E-state index in [-0.39, 0.29) is 6.42 Å². The van der Waals surface area contributed by atoms with Crippen LogP contribution >= 0.6 is 15.9 Å². The Bertz CT molecular complexity index is 579. The van der Waals surface area contributed by atoms with Gasteiger partial charge in [0, 0.05) is 10.0 Å². The van der Waals surface area contributed by atoms with Gasteiger partial charge in [0.05, 0.1) is 17.7 Å². The molecule has 0 spiro atoms. The van der Waals surface area contributed by atoms with Crippen molar-refractivity contribution in [1.82, 2.24) is 5.32 Å². The van der Waals surface area contributed by atoms with Crippen molar-refractivity contribution in [2.75, 3.05) is 5.32 Å². The smallest absolute Gasteiger partial charge is 0.319 e. The molecule has 0 radical (unpaired) electrons. The molecule has 1 aromatic carbocycles. The minimum Gasteiger partial charge on any atom is -0.481 e. The van der Waals surface area contributed by atoms with E-state index in [1.165, 1.54) is 0 Å². The molecule has 3 N–H and O–H groups in total. The average Bonchev–Trinajstić information content (AvgIpc) is 2.26. The predicted molar refractivity (Wildman–Crippen MR) is 77.3 cm³/mol. The Kier molecular flexibility index (Phi) is 5.11. The minimum absolute atomic E-state index is 0.204. The molecule has 0 fully saturated rings. The fourth-order valence-electron chi connectivity index (χ4n) is 1.60. The van der Waals surface area contributed by atoms with Crippen molar-refractivity contribution in [2.24, 2.45) is 0 Å². The molecule has 0 atom stereocenters. The number of nitrogens with zero attached hydrogens (tertiary/aromatic N) is 1. The second kappa shape index (κ2) is 6.39. The minimum atomic E-state index is -1.00. The van der Waals surface area contributed by atoms with E-state index in [0.29, 0.717) is 11.3 Å². The molecule has 0 saturated heterocycles. The number of amides is 2. The van der Waals surface area contributed by atoms with E-state index in [1.54, 1.807) is 32.0 Å². The maximum atomic E-state index is 11.8. The molecule has 0 aliphatic carbocycles. The van der Waals surface area contributed by atoms with Gasteiger partial charge in [-0.3, -0.25) is 4.79 Å². The van der Waals surface area contributed by atoms with Crippen LogP contribution in [0.15, 0.2) is 22.7 Å². The number of halogens is 1. The Morgan fingerprint density at radius 2 is 2.10 bits per heavy atom. The molecular formula is C13H14BrN3O3. The number of carboxylic acid groups (broad SMARTS) is 1. The summed E-state index contributed by atoms with van der Waals surface area (Å²) in [5.74, 6) is -1.00. The zero-order chi connectivity index (χ0) is 15.3. The summed E-state index contributed by atoms with van der Waals surface area (Å²) in [5, 5.41) is 22.8. The van der Waals surface area contributed by atoms with Crippen molar-refractivity contribution >= 4 is 33.6 Å². The molecule has 0 aromatic heterocycles. The zero-order valence-corrected chi connectivity index (χ0v) is 12.6. The molecule has 1 rings (SSSR count). The highest BCUT2D eigenvalue weighted by Gasteiger charge is 2.24. The van der Waals surface area contributed by atoms with Crippen LogP contribution in [0, 0.1) is 11.3 Å². The number of aliphatic carboxylic acids is 1. The van der Waals surface area contributed by atoms with E-state index in [4.69, 9.17) is 10.4 Å². The SMILES string of the molecule is CC(C)(CC(=O)O)NC(=O)Nc1cc(Br)ccc1C#N. The quantitative estimate of drug-likeness (QED) is 0.784. The maximum absolute atomic E-state index is 11.8. The number of carbonyl (C=O) groups excluding carboxylic acids is 1. The highest BCUT2D eigenvalue weighted by atomic mass is 79.9. The van der Waals surface area contributed by atoms with E-state index < -0.39 is 17.5 Å². The van der Waals surface area contributed by atoms with Gasteiger partial charge in [0.1, 0.15) is 6.07 Å². The standard InChI is InChI=1S/C13H14BrN3O3/c1-13(2,6-11(18)19)17-12(20)16-10-5-9(14)4-3-8(10)7-15/h3-5H,6H2,1-2H3,(H,18,19)(H2,16,17,20). The normalized spacial score (nSPS) is 10.5. The molecule has 0 aliphatic heterocycles. The third-order valence-corrected chi connectivity index (χ3v) is 2.89. The van der Waals surface area contributed by atoms with Gasteiger partial charge in [-0.15, -0.1) is 0 Å². The largest absolute Gasteiger partial charge is 0.481 e. The molecule has 0 unspecified atom stereocenters. The van der Waals surface area contributed by atoms with Crippen molar-refractivity contribution in [3.63, 3.8) is 0 Å². The number of hydrogen-bond acceptors (Lipinski definition) is 3.